The molecule has 2 rings (SSSR count). The van der Waals surface area contributed by atoms with Crippen LogP contribution in [0.25, 0.3) is 0 Å². The van der Waals surface area contributed by atoms with E-state index >= 15 is 0 Å². The Kier molecular flexibility index (Phi) is 8.72. The van der Waals surface area contributed by atoms with Crippen molar-refractivity contribution >= 4 is 45.0 Å². The number of amides is 2. The highest BCUT2D eigenvalue weighted by Gasteiger charge is 2.17. The first-order valence-electron chi connectivity index (χ1n) is 9.09. The van der Waals surface area contributed by atoms with Gasteiger partial charge >= 0.3 is 0 Å². The van der Waals surface area contributed by atoms with E-state index in [1.807, 2.05) is 0 Å². The molecule has 2 N–H and O–H groups in total. The zero-order valence-electron chi connectivity index (χ0n) is 17.7. The van der Waals surface area contributed by atoms with Crippen LogP contribution >= 0.6 is 11.8 Å². The minimum atomic E-state index is -3.52. The minimum absolute atomic E-state index is 0.0666. The monoisotopic (exact) mass is 467 g/mol. The number of hydrogen-bond acceptors (Lipinski definition) is 7. The molecule has 0 spiro atoms. The molecule has 168 valence electrons. The lowest BCUT2D eigenvalue weighted by atomic mass is 10.2. The summed E-state index contributed by atoms with van der Waals surface area (Å²) in [6.45, 7) is 0. The Labute approximate surface area is 186 Å². The zero-order valence-corrected chi connectivity index (χ0v) is 19.3. The molecule has 0 aliphatic carbocycles. The van der Waals surface area contributed by atoms with Crippen LogP contribution in [0.4, 0.5) is 11.4 Å². The molecule has 0 aromatic heterocycles. The van der Waals surface area contributed by atoms with E-state index in [0.29, 0.717) is 22.9 Å². The summed E-state index contributed by atoms with van der Waals surface area (Å²) in [7, 11) is 2.41. The van der Waals surface area contributed by atoms with Crippen molar-refractivity contribution in [1.29, 1.82) is 0 Å². The van der Waals surface area contributed by atoms with Crippen LogP contribution in [-0.4, -0.2) is 64.4 Å². The Morgan fingerprint density at radius 1 is 0.871 bits per heavy atom. The van der Waals surface area contributed by atoms with Gasteiger partial charge in [-0.05, 0) is 36.4 Å². The van der Waals surface area contributed by atoms with Crippen molar-refractivity contribution in [3.63, 3.8) is 0 Å². The van der Waals surface area contributed by atoms with Crippen LogP contribution in [-0.2, 0) is 19.6 Å². The van der Waals surface area contributed by atoms with Crippen molar-refractivity contribution in [1.82, 2.24) is 4.31 Å². The van der Waals surface area contributed by atoms with E-state index in [1.54, 1.807) is 18.2 Å². The molecule has 11 heteroatoms. The molecule has 0 saturated heterocycles. The molecular weight excluding hydrogens is 442 g/mol. The predicted molar refractivity (Wildman–Crippen MR) is 121 cm³/mol. The third-order valence-electron chi connectivity index (χ3n) is 4.05. The largest absolute Gasteiger partial charge is 0.493 e. The Hall–Kier alpha value is -2.76. The third kappa shape index (κ3) is 6.88. The van der Waals surface area contributed by atoms with Gasteiger partial charge in [-0.25, -0.2) is 12.7 Å². The number of anilines is 2. The lowest BCUT2D eigenvalue weighted by Gasteiger charge is -2.12. The van der Waals surface area contributed by atoms with Gasteiger partial charge in [0.15, 0.2) is 11.5 Å². The van der Waals surface area contributed by atoms with E-state index in [2.05, 4.69) is 10.6 Å². The maximum atomic E-state index is 12.1. The van der Waals surface area contributed by atoms with Gasteiger partial charge in [-0.15, -0.1) is 11.8 Å². The van der Waals surface area contributed by atoms with Crippen LogP contribution < -0.4 is 20.1 Å². The van der Waals surface area contributed by atoms with Crippen molar-refractivity contribution in [2.75, 3.05) is 50.5 Å². The van der Waals surface area contributed by atoms with Crippen LogP contribution in [0, 0.1) is 0 Å². The molecule has 31 heavy (non-hydrogen) atoms. The summed E-state index contributed by atoms with van der Waals surface area (Å²) in [5.41, 5.74) is 1.03. The molecule has 0 unspecified atom stereocenters. The molecule has 0 aliphatic heterocycles. The van der Waals surface area contributed by atoms with E-state index in [1.165, 1.54) is 52.6 Å². The van der Waals surface area contributed by atoms with Gasteiger partial charge in [0.25, 0.3) is 0 Å². The van der Waals surface area contributed by atoms with Gasteiger partial charge in [-0.1, -0.05) is 0 Å². The fraction of sp³-hybridized carbons (Fsp3) is 0.300. The maximum absolute atomic E-state index is 12.1. The molecule has 0 saturated carbocycles. The molecule has 0 bridgehead atoms. The first kappa shape index (κ1) is 24.5. The number of ether oxygens (including phenoxy) is 2. The van der Waals surface area contributed by atoms with Crippen molar-refractivity contribution in [3.8, 4) is 11.5 Å². The average molecular weight is 468 g/mol. The summed E-state index contributed by atoms with van der Waals surface area (Å²) in [6, 6.07) is 10.9. The van der Waals surface area contributed by atoms with Crippen molar-refractivity contribution < 1.29 is 27.5 Å². The summed E-state index contributed by atoms with van der Waals surface area (Å²) < 4.78 is 35.6. The zero-order chi connectivity index (χ0) is 23.0. The van der Waals surface area contributed by atoms with E-state index in [4.69, 9.17) is 9.47 Å². The van der Waals surface area contributed by atoms with Gasteiger partial charge in [0, 0.05) is 31.5 Å². The summed E-state index contributed by atoms with van der Waals surface area (Å²) in [5.74, 6) is 0.643. The highest BCUT2D eigenvalue weighted by Crippen LogP contribution is 2.29. The standard InChI is InChI=1S/C20H25N3O6S2/c1-23(2)31(26,27)16-8-5-14(6-9-16)21-19(24)12-30-13-20(25)22-15-7-10-17(28-3)18(11-15)29-4/h5-11H,12-13H2,1-4H3,(H,21,24)(H,22,25). The SMILES string of the molecule is COc1ccc(NC(=O)CSCC(=O)Nc2ccc(S(=O)(=O)N(C)C)cc2)cc1OC. The Balaban J connectivity index is 1.81. The maximum Gasteiger partial charge on any atom is 0.242 e. The van der Waals surface area contributed by atoms with Crippen LogP contribution in [0.3, 0.4) is 0 Å². The Morgan fingerprint density at radius 2 is 1.39 bits per heavy atom. The second-order valence-electron chi connectivity index (χ2n) is 6.47. The Morgan fingerprint density at radius 3 is 1.90 bits per heavy atom. The highest BCUT2D eigenvalue weighted by molar-refractivity contribution is 8.00. The van der Waals surface area contributed by atoms with Gasteiger partial charge < -0.3 is 20.1 Å². The second kappa shape index (κ2) is 11.0. The van der Waals surface area contributed by atoms with Crippen LogP contribution in [0.15, 0.2) is 47.4 Å². The number of nitrogens with one attached hydrogen (secondary N) is 2. The van der Waals surface area contributed by atoms with E-state index in [9.17, 15) is 18.0 Å². The number of methoxy groups -OCH3 is 2. The second-order valence-corrected chi connectivity index (χ2v) is 9.61. The smallest absolute Gasteiger partial charge is 0.242 e. The molecule has 0 heterocycles. The van der Waals surface area contributed by atoms with Gasteiger partial charge in [0.2, 0.25) is 21.8 Å². The van der Waals surface area contributed by atoms with Crippen LogP contribution in [0.2, 0.25) is 0 Å². The lowest BCUT2D eigenvalue weighted by Crippen LogP contribution is -2.22. The molecule has 0 fully saturated rings. The predicted octanol–water partition coefficient (Wildman–Crippen LogP) is 2.26. The van der Waals surface area contributed by atoms with Gasteiger partial charge in [0.05, 0.1) is 30.6 Å². The number of sulfonamides is 1. The number of nitrogens with zero attached hydrogens (tertiary/aromatic N) is 1. The first-order chi connectivity index (χ1) is 14.7. The van der Waals surface area contributed by atoms with E-state index < -0.39 is 10.0 Å². The van der Waals surface area contributed by atoms with Crippen molar-refractivity contribution in [2.45, 2.75) is 4.90 Å². The molecular formula is C20H25N3O6S2. The van der Waals surface area contributed by atoms with Crippen molar-refractivity contribution in [3.05, 3.63) is 42.5 Å². The fourth-order valence-corrected chi connectivity index (χ4v) is 3.98. The number of rotatable bonds is 10. The van der Waals surface area contributed by atoms with Crippen LogP contribution in [0.5, 0.6) is 11.5 Å². The van der Waals surface area contributed by atoms with Crippen molar-refractivity contribution in [2.24, 2.45) is 0 Å². The van der Waals surface area contributed by atoms with Gasteiger partial charge in [0.1, 0.15) is 0 Å². The average Bonchev–Trinajstić information content (AvgIpc) is 2.73. The molecule has 0 radical (unpaired) electrons. The normalized spacial score (nSPS) is 11.1. The number of hydrogen-bond donors (Lipinski definition) is 2. The topological polar surface area (TPSA) is 114 Å². The Bertz CT molecular complexity index is 1020. The molecule has 0 aliphatic rings. The summed E-state index contributed by atoms with van der Waals surface area (Å²) in [6.07, 6.45) is 0. The summed E-state index contributed by atoms with van der Waals surface area (Å²) >= 11 is 1.15. The molecule has 2 aromatic rings. The molecule has 2 aromatic carbocycles. The molecule has 2 amide bonds. The lowest BCUT2D eigenvalue weighted by molar-refractivity contribution is -0.114. The molecule has 9 nitrogen and oxygen atoms in total. The van der Waals surface area contributed by atoms with Gasteiger partial charge in [-0.2, -0.15) is 0 Å². The third-order valence-corrected chi connectivity index (χ3v) is 6.81. The quantitative estimate of drug-likeness (QED) is 0.551. The summed E-state index contributed by atoms with van der Waals surface area (Å²) in [5, 5.41) is 5.40. The number of benzene rings is 2. The summed E-state index contributed by atoms with van der Waals surface area (Å²) in [4.78, 5) is 24.3. The van der Waals surface area contributed by atoms with Crippen LogP contribution in [0.1, 0.15) is 0 Å². The minimum Gasteiger partial charge on any atom is -0.493 e. The van der Waals surface area contributed by atoms with E-state index in [0.717, 1.165) is 16.1 Å². The number of carbonyl (C=O) groups excluding carboxylic acids is 2. The van der Waals surface area contributed by atoms with Gasteiger partial charge in [-0.3, -0.25) is 9.59 Å². The van der Waals surface area contributed by atoms with E-state index in [-0.39, 0.29) is 28.2 Å². The fourth-order valence-electron chi connectivity index (χ4n) is 2.47. The highest BCUT2D eigenvalue weighted by atomic mass is 32.2. The first-order valence-corrected chi connectivity index (χ1v) is 11.7. The molecule has 0 atom stereocenters. The number of thioether (sulfide) groups is 1. The number of carbonyl (C=O) groups is 2.